The minimum absolute atomic E-state index is 0.278. The lowest BCUT2D eigenvalue weighted by Gasteiger charge is -2.02. The highest BCUT2D eigenvalue weighted by Crippen LogP contribution is 2.23. The maximum atomic E-state index is 12.9. The molecule has 2 aromatic heterocycles. The maximum absolute atomic E-state index is 12.9. The van der Waals surface area contributed by atoms with Gasteiger partial charge in [-0.15, -0.1) is 0 Å². The van der Waals surface area contributed by atoms with Crippen LogP contribution in [0.3, 0.4) is 0 Å². The first kappa shape index (κ1) is 11.2. The molecule has 90 valence electrons. The van der Waals surface area contributed by atoms with E-state index < -0.39 is 0 Å². The molecule has 1 aromatic carbocycles. The van der Waals surface area contributed by atoms with Gasteiger partial charge in [0.25, 0.3) is 0 Å². The van der Waals surface area contributed by atoms with E-state index in [4.69, 9.17) is 11.6 Å². The Hall–Kier alpha value is -1.94. The van der Waals surface area contributed by atoms with Gasteiger partial charge in [-0.2, -0.15) is 0 Å². The summed E-state index contributed by atoms with van der Waals surface area (Å²) in [4.78, 5) is 11.7. The first-order valence-electron chi connectivity index (χ1n) is 5.42. The lowest BCUT2D eigenvalue weighted by atomic mass is 10.2. The van der Waals surface area contributed by atoms with E-state index in [-0.39, 0.29) is 5.82 Å². The molecular formula is C13H9ClFN3. The number of aromatic amines is 1. The molecule has 3 rings (SSSR count). The van der Waals surface area contributed by atoms with Crippen molar-refractivity contribution in [2.75, 3.05) is 0 Å². The number of rotatable bonds is 1. The third kappa shape index (κ3) is 1.84. The summed E-state index contributed by atoms with van der Waals surface area (Å²) < 4.78 is 12.9. The predicted molar refractivity (Wildman–Crippen MR) is 69.0 cm³/mol. The van der Waals surface area contributed by atoms with Gasteiger partial charge in [0.05, 0.1) is 5.69 Å². The number of halogens is 2. The molecule has 0 amide bonds. The molecule has 5 heteroatoms. The van der Waals surface area contributed by atoms with Gasteiger partial charge >= 0.3 is 0 Å². The van der Waals surface area contributed by atoms with Crippen molar-refractivity contribution in [1.82, 2.24) is 15.0 Å². The van der Waals surface area contributed by atoms with E-state index >= 15 is 0 Å². The Bertz CT molecular complexity index is 719. The van der Waals surface area contributed by atoms with E-state index in [1.807, 2.05) is 6.92 Å². The second-order valence-corrected chi connectivity index (χ2v) is 4.43. The molecule has 0 aliphatic heterocycles. The van der Waals surface area contributed by atoms with E-state index in [0.29, 0.717) is 16.6 Å². The fourth-order valence-corrected chi connectivity index (χ4v) is 2.05. The molecule has 2 heterocycles. The minimum atomic E-state index is -0.278. The van der Waals surface area contributed by atoms with Crippen molar-refractivity contribution >= 4 is 22.6 Å². The van der Waals surface area contributed by atoms with Gasteiger partial charge in [0.1, 0.15) is 16.6 Å². The Morgan fingerprint density at radius 2 is 1.89 bits per heavy atom. The number of benzene rings is 1. The van der Waals surface area contributed by atoms with Gasteiger partial charge in [0, 0.05) is 10.9 Å². The monoisotopic (exact) mass is 261 g/mol. The SMILES string of the molecule is Cc1nc(-c2ccc(F)cc2)nc2[nH]c(Cl)cc12. The Morgan fingerprint density at radius 3 is 2.61 bits per heavy atom. The fraction of sp³-hybridized carbons (Fsp3) is 0.0769. The zero-order chi connectivity index (χ0) is 12.7. The molecule has 3 aromatic rings. The molecule has 0 aliphatic rings. The van der Waals surface area contributed by atoms with Gasteiger partial charge in [0.2, 0.25) is 0 Å². The molecule has 0 radical (unpaired) electrons. The standard InChI is InChI=1S/C13H9ClFN3/c1-7-10-6-11(14)17-13(10)18-12(16-7)8-2-4-9(15)5-3-8/h2-6H,1H3,(H,16,17,18). The summed E-state index contributed by atoms with van der Waals surface area (Å²) in [6.07, 6.45) is 0. The highest BCUT2D eigenvalue weighted by Gasteiger charge is 2.09. The lowest BCUT2D eigenvalue weighted by Crippen LogP contribution is -1.93. The Balaban J connectivity index is 2.20. The van der Waals surface area contributed by atoms with Crippen LogP contribution in [0.25, 0.3) is 22.4 Å². The first-order chi connectivity index (χ1) is 8.63. The summed E-state index contributed by atoms with van der Waals surface area (Å²) in [5.74, 6) is 0.276. The first-order valence-corrected chi connectivity index (χ1v) is 5.80. The summed E-state index contributed by atoms with van der Waals surface area (Å²) in [6.45, 7) is 1.89. The van der Waals surface area contributed by atoms with Crippen molar-refractivity contribution in [3.8, 4) is 11.4 Å². The highest BCUT2D eigenvalue weighted by molar-refractivity contribution is 6.30. The molecule has 0 fully saturated rings. The molecule has 0 bridgehead atoms. The van der Waals surface area contributed by atoms with Gasteiger partial charge in [-0.1, -0.05) is 11.6 Å². The Morgan fingerprint density at radius 1 is 1.17 bits per heavy atom. The van der Waals surface area contributed by atoms with Crippen LogP contribution in [0.2, 0.25) is 5.15 Å². The molecular weight excluding hydrogens is 253 g/mol. The van der Waals surface area contributed by atoms with E-state index in [9.17, 15) is 4.39 Å². The van der Waals surface area contributed by atoms with Gasteiger partial charge in [-0.05, 0) is 37.3 Å². The topological polar surface area (TPSA) is 41.6 Å². The number of aryl methyl sites for hydroxylation is 1. The van der Waals surface area contributed by atoms with Gasteiger partial charge in [-0.3, -0.25) is 0 Å². The zero-order valence-electron chi connectivity index (χ0n) is 9.54. The van der Waals surface area contributed by atoms with E-state index in [1.165, 1.54) is 12.1 Å². The van der Waals surface area contributed by atoms with Crippen molar-refractivity contribution in [3.63, 3.8) is 0 Å². The van der Waals surface area contributed by atoms with Crippen molar-refractivity contribution in [1.29, 1.82) is 0 Å². The Labute approximate surface area is 108 Å². The maximum Gasteiger partial charge on any atom is 0.161 e. The Kier molecular flexibility index (Phi) is 2.52. The summed E-state index contributed by atoms with van der Waals surface area (Å²) in [6, 6.07) is 7.88. The number of hydrogen-bond acceptors (Lipinski definition) is 2. The van der Waals surface area contributed by atoms with Crippen LogP contribution in [0.4, 0.5) is 4.39 Å². The number of nitrogens with one attached hydrogen (secondary N) is 1. The van der Waals surface area contributed by atoms with Crippen LogP contribution >= 0.6 is 11.6 Å². The second kappa shape index (κ2) is 4.07. The molecule has 0 spiro atoms. The average molecular weight is 262 g/mol. The second-order valence-electron chi connectivity index (χ2n) is 4.02. The number of fused-ring (bicyclic) bond motifs is 1. The predicted octanol–water partition coefficient (Wildman–Crippen LogP) is 3.73. The summed E-state index contributed by atoms with van der Waals surface area (Å²) in [5, 5.41) is 1.42. The van der Waals surface area contributed by atoms with E-state index in [0.717, 1.165) is 16.6 Å². The van der Waals surface area contributed by atoms with Crippen LogP contribution in [0, 0.1) is 12.7 Å². The molecule has 0 aliphatic carbocycles. The number of aromatic nitrogens is 3. The zero-order valence-corrected chi connectivity index (χ0v) is 10.3. The van der Waals surface area contributed by atoms with Gasteiger partial charge < -0.3 is 4.98 Å². The molecule has 0 saturated carbocycles. The van der Waals surface area contributed by atoms with Crippen LogP contribution in [0.15, 0.2) is 30.3 Å². The molecule has 0 unspecified atom stereocenters. The third-order valence-corrected chi connectivity index (χ3v) is 2.95. The largest absolute Gasteiger partial charge is 0.330 e. The number of nitrogens with zero attached hydrogens (tertiary/aromatic N) is 2. The minimum Gasteiger partial charge on any atom is -0.330 e. The van der Waals surface area contributed by atoms with Crippen LogP contribution < -0.4 is 0 Å². The summed E-state index contributed by atoms with van der Waals surface area (Å²) in [7, 11) is 0. The molecule has 0 saturated heterocycles. The third-order valence-electron chi connectivity index (χ3n) is 2.75. The fourth-order valence-electron chi connectivity index (χ4n) is 1.85. The molecule has 3 nitrogen and oxygen atoms in total. The van der Waals surface area contributed by atoms with Crippen molar-refractivity contribution in [3.05, 3.63) is 47.0 Å². The number of H-pyrrole nitrogens is 1. The molecule has 1 N–H and O–H groups in total. The average Bonchev–Trinajstić information content (AvgIpc) is 2.71. The number of hydrogen-bond donors (Lipinski definition) is 1. The quantitative estimate of drug-likeness (QED) is 0.725. The van der Waals surface area contributed by atoms with Crippen LogP contribution in [0.5, 0.6) is 0 Å². The normalized spacial score (nSPS) is 11.1. The summed E-state index contributed by atoms with van der Waals surface area (Å²) in [5.41, 5.74) is 2.29. The van der Waals surface area contributed by atoms with E-state index in [2.05, 4.69) is 15.0 Å². The van der Waals surface area contributed by atoms with Crippen molar-refractivity contribution < 1.29 is 4.39 Å². The van der Waals surface area contributed by atoms with Gasteiger partial charge in [-0.25, -0.2) is 14.4 Å². The van der Waals surface area contributed by atoms with Crippen molar-refractivity contribution in [2.45, 2.75) is 6.92 Å². The smallest absolute Gasteiger partial charge is 0.161 e. The molecule has 0 atom stereocenters. The van der Waals surface area contributed by atoms with Crippen LogP contribution in [-0.4, -0.2) is 15.0 Å². The van der Waals surface area contributed by atoms with Crippen molar-refractivity contribution in [2.24, 2.45) is 0 Å². The summed E-state index contributed by atoms with van der Waals surface area (Å²) >= 11 is 5.90. The lowest BCUT2D eigenvalue weighted by molar-refractivity contribution is 0.628. The van der Waals surface area contributed by atoms with Crippen LogP contribution in [-0.2, 0) is 0 Å². The van der Waals surface area contributed by atoms with E-state index in [1.54, 1.807) is 18.2 Å². The van der Waals surface area contributed by atoms with Crippen LogP contribution in [0.1, 0.15) is 5.69 Å². The molecule has 18 heavy (non-hydrogen) atoms. The van der Waals surface area contributed by atoms with Gasteiger partial charge in [0.15, 0.2) is 5.82 Å². The highest BCUT2D eigenvalue weighted by atomic mass is 35.5.